The second-order valence-electron chi connectivity index (χ2n) is 6.75. The number of rotatable bonds is 3. The molecular formula is C19H16BrN3O2. The van der Waals surface area contributed by atoms with Crippen molar-refractivity contribution in [1.82, 2.24) is 9.88 Å². The van der Waals surface area contributed by atoms with Gasteiger partial charge in [0.25, 0.3) is 5.91 Å². The van der Waals surface area contributed by atoms with E-state index in [0.717, 1.165) is 36.2 Å². The molecule has 5 nitrogen and oxygen atoms in total. The second kappa shape index (κ2) is 6.16. The minimum atomic E-state index is 0.00857. The third-order valence-corrected chi connectivity index (χ3v) is 5.52. The van der Waals surface area contributed by atoms with Gasteiger partial charge in [-0.2, -0.15) is 0 Å². The lowest BCUT2D eigenvalue weighted by Gasteiger charge is -2.58. The first-order valence-electron chi connectivity index (χ1n) is 8.13. The molecule has 1 aromatic carbocycles. The molecule has 6 heteroatoms. The first kappa shape index (κ1) is 16.1. The van der Waals surface area contributed by atoms with Crippen LogP contribution in [0.25, 0.3) is 4.85 Å². The van der Waals surface area contributed by atoms with Crippen molar-refractivity contribution >= 4 is 27.5 Å². The SMILES string of the molecule is [C-]#[N+]c1ccc(OC2CC3(C2)CN(C(=O)c2ccccn2)C3)cc1Br. The van der Waals surface area contributed by atoms with Crippen molar-refractivity contribution in [2.24, 2.45) is 5.41 Å². The Balaban J connectivity index is 1.30. The zero-order valence-electron chi connectivity index (χ0n) is 13.5. The molecule has 126 valence electrons. The van der Waals surface area contributed by atoms with Gasteiger partial charge in [0.05, 0.1) is 6.57 Å². The average Bonchev–Trinajstić information content (AvgIpc) is 2.56. The molecule has 0 radical (unpaired) electrons. The monoisotopic (exact) mass is 397 g/mol. The van der Waals surface area contributed by atoms with E-state index in [-0.39, 0.29) is 17.4 Å². The zero-order chi connectivity index (χ0) is 17.4. The van der Waals surface area contributed by atoms with E-state index >= 15 is 0 Å². The Labute approximate surface area is 154 Å². The summed E-state index contributed by atoms with van der Waals surface area (Å²) in [5.41, 5.74) is 1.30. The van der Waals surface area contributed by atoms with E-state index in [1.807, 2.05) is 29.2 Å². The minimum absolute atomic E-state index is 0.00857. The maximum Gasteiger partial charge on any atom is 0.272 e. The number of hydrogen-bond donors (Lipinski definition) is 0. The van der Waals surface area contributed by atoms with Gasteiger partial charge in [0, 0.05) is 29.2 Å². The number of likely N-dealkylation sites (tertiary alicyclic amines) is 1. The summed E-state index contributed by atoms with van der Waals surface area (Å²) in [6, 6.07) is 10.8. The second-order valence-corrected chi connectivity index (χ2v) is 7.60. The summed E-state index contributed by atoms with van der Waals surface area (Å²) in [5, 5.41) is 0. The number of ether oxygens (including phenoxy) is 1. The van der Waals surface area contributed by atoms with Gasteiger partial charge in [-0.25, -0.2) is 4.85 Å². The molecule has 0 atom stereocenters. The van der Waals surface area contributed by atoms with E-state index in [2.05, 4.69) is 25.8 Å². The number of carbonyl (C=O) groups excluding carboxylic acids is 1. The first-order valence-corrected chi connectivity index (χ1v) is 8.92. The number of benzene rings is 1. The summed E-state index contributed by atoms with van der Waals surface area (Å²) in [4.78, 5) is 21.7. The maximum atomic E-state index is 12.3. The highest BCUT2D eigenvalue weighted by Gasteiger charge is 2.54. The molecule has 1 amide bonds. The Morgan fingerprint density at radius 2 is 2.12 bits per heavy atom. The summed E-state index contributed by atoms with van der Waals surface area (Å²) in [6.07, 6.45) is 3.74. The number of aromatic nitrogens is 1. The van der Waals surface area contributed by atoms with E-state index in [0.29, 0.717) is 11.4 Å². The van der Waals surface area contributed by atoms with Crippen molar-refractivity contribution in [1.29, 1.82) is 0 Å². The lowest BCUT2D eigenvalue weighted by molar-refractivity contribution is -0.103. The summed E-state index contributed by atoms with van der Waals surface area (Å²) in [6.45, 7) is 8.62. The van der Waals surface area contributed by atoms with Crippen LogP contribution < -0.4 is 4.74 Å². The van der Waals surface area contributed by atoms with E-state index < -0.39 is 0 Å². The minimum Gasteiger partial charge on any atom is -0.490 e. The van der Waals surface area contributed by atoms with Crippen LogP contribution in [0.1, 0.15) is 23.3 Å². The topological polar surface area (TPSA) is 46.8 Å². The average molecular weight is 398 g/mol. The fourth-order valence-electron chi connectivity index (χ4n) is 3.65. The van der Waals surface area contributed by atoms with Crippen molar-refractivity contribution in [3.05, 3.63) is 64.2 Å². The molecule has 2 heterocycles. The molecule has 2 aromatic rings. The van der Waals surface area contributed by atoms with Crippen LogP contribution in [0.4, 0.5) is 5.69 Å². The molecule has 0 unspecified atom stereocenters. The Morgan fingerprint density at radius 1 is 1.32 bits per heavy atom. The van der Waals surface area contributed by atoms with Gasteiger partial charge in [-0.1, -0.05) is 28.1 Å². The molecule has 1 saturated heterocycles. The number of nitrogens with zero attached hydrogens (tertiary/aromatic N) is 3. The summed E-state index contributed by atoms with van der Waals surface area (Å²) in [5.74, 6) is 0.786. The Morgan fingerprint density at radius 3 is 2.76 bits per heavy atom. The van der Waals surface area contributed by atoms with Crippen LogP contribution in [-0.4, -0.2) is 35.0 Å². The molecule has 1 saturated carbocycles. The molecule has 2 aliphatic rings. The fraction of sp³-hybridized carbons (Fsp3) is 0.316. The third kappa shape index (κ3) is 3.00. The lowest BCUT2D eigenvalue weighted by Crippen LogP contribution is -2.65. The highest BCUT2D eigenvalue weighted by Crippen LogP contribution is 2.50. The number of pyridine rings is 1. The van der Waals surface area contributed by atoms with Crippen LogP contribution >= 0.6 is 15.9 Å². The van der Waals surface area contributed by atoms with Crippen LogP contribution in [0.2, 0.25) is 0 Å². The third-order valence-electron chi connectivity index (χ3n) is 4.89. The predicted octanol–water partition coefficient (Wildman–Crippen LogP) is 4.08. The van der Waals surface area contributed by atoms with Crippen LogP contribution in [0, 0.1) is 12.0 Å². The van der Waals surface area contributed by atoms with Gasteiger partial charge in [0.15, 0.2) is 0 Å². The molecule has 0 bridgehead atoms. The van der Waals surface area contributed by atoms with E-state index in [1.165, 1.54) is 0 Å². The van der Waals surface area contributed by atoms with Crippen molar-refractivity contribution in [3.8, 4) is 5.75 Å². The number of amides is 1. The largest absolute Gasteiger partial charge is 0.490 e. The predicted molar refractivity (Wildman–Crippen MR) is 96.6 cm³/mol. The fourth-order valence-corrected chi connectivity index (χ4v) is 4.10. The smallest absolute Gasteiger partial charge is 0.272 e. The van der Waals surface area contributed by atoms with Crippen LogP contribution in [0.15, 0.2) is 47.1 Å². The van der Waals surface area contributed by atoms with Crippen LogP contribution in [-0.2, 0) is 0 Å². The van der Waals surface area contributed by atoms with E-state index in [1.54, 1.807) is 18.3 Å². The van der Waals surface area contributed by atoms with E-state index in [4.69, 9.17) is 11.3 Å². The zero-order valence-corrected chi connectivity index (χ0v) is 15.1. The Hall–Kier alpha value is -2.39. The molecule has 1 aliphatic carbocycles. The van der Waals surface area contributed by atoms with Gasteiger partial charge in [0.2, 0.25) is 5.69 Å². The quantitative estimate of drug-likeness (QED) is 0.733. The van der Waals surface area contributed by atoms with Crippen molar-refractivity contribution in [3.63, 3.8) is 0 Å². The van der Waals surface area contributed by atoms with E-state index in [9.17, 15) is 4.79 Å². The molecule has 1 aliphatic heterocycles. The van der Waals surface area contributed by atoms with Crippen LogP contribution in [0.5, 0.6) is 5.75 Å². The highest BCUT2D eigenvalue weighted by molar-refractivity contribution is 9.10. The Kier molecular flexibility index (Phi) is 3.97. The van der Waals surface area contributed by atoms with Crippen LogP contribution in [0.3, 0.4) is 0 Å². The summed E-state index contributed by atoms with van der Waals surface area (Å²) >= 11 is 3.39. The van der Waals surface area contributed by atoms with Crippen molar-refractivity contribution in [2.75, 3.05) is 13.1 Å². The first-order chi connectivity index (χ1) is 12.1. The van der Waals surface area contributed by atoms with Gasteiger partial charge in [-0.05, 0) is 37.1 Å². The molecule has 25 heavy (non-hydrogen) atoms. The molecule has 0 N–H and O–H groups in total. The standard InChI is InChI=1S/C19H16BrN3O2/c1-21-16-6-5-13(8-15(16)20)25-14-9-19(10-14)11-23(12-19)18(24)17-4-2-3-7-22-17/h2-8,14H,9-12H2. The molecule has 1 aromatic heterocycles. The van der Waals surface area contributed by atoms with Crippen molar-refractivity contribution < 1.29 is 9.53 Å². The van der Waals surface area contributed by atoms with Gasteiger partial charge in [-0.15, -0.1) is 0 Å². The van der Waals surface area contributed by atoms with Gasteiger partial charge in [0.1, 0.15) is 17.5 Å². The molecule has 1 spiro atoms. The Bertz CT molecular complexity index is 849. The summed E-state index contributed by atoms with van der Waals surface area (Å²) in [7, 11) is 0. The molecular weight excluding hydrogens is 382 g/mol. The van der Waals surface area contributed by atoms with Gasteiger partial charge >= 0.3 is 0 Å². The molecule has 4 rings (SSSR count). The van der Waals surface area contributed by atoms with Gasteiger partial charge < -0.3 is 9.64 Å². The van der Waals surface area contributed by atoms with Gasteiger partial charge in [-0.3, -0.25) is 9.78 Å². The number of hydrogen-bond acceptors (Lipinski definition) is 3. The van der Waals surface area contributed by atoms with Crippen molar-refractivity contribution in [2.45, 2.75) is 18.9 Å². The molecule has 2 fully saturated rings. The summed E-state index contributed by atoms with van der Waals surface area (Å²) < 4.78 is 6.75. The number of carbonyl (C=O) groups is 1. The normalized spacial score (nSPS) is 18.2. The number of halogens is 1. The highest BCUT2D eigenvalue weighted by atomic mass is 79.9. The maximum absolute atomic E-state index is 12.3. The lowest BCUT2D eigenvalue weighted by atomic mass is 9.61.